The van der Waals surface area contributed by atoms with Crippen molar-refractivity contribution >= 4 is 0 Å². The topological polar surface area (TPSA) is 20.2 Å². The number of hydrogen-bond donors (Lipinski definition) is 1. The molecule has 7 heteroatoms. The van der Waals surface area contributed by atoms with E-state index < -0.39 is 59.0 Å². The predicted octanol–water partition coefficient (Wildman–Crippen LogP) is 8.35. The quantitative estimate of drug-likeness (QED) is 0.369. The summed E-state index contributed by atoms with van der Waals surface area (Å²) in [6.07, 6.45) is 3.35. The van der Waals surface area contributed by atoms with E-state index in [0.717, 1.165) is 12.5 Å². The van der Waals surface area contributed by atoms with Gasteiger partial charge in [0.2, 0.25) is 0 Å². The third-order valence-corrected chi connectivity index (χ3v) is 8.44. The van der Waals surface area contributed by atoms with Gasteiger partial charge in [-0.3, -0.25) is 0 Å². The molecule has 3 aliphatic rings. The van der Waals surface area contributed by atoms with Gasteiger partial charge in [0.05, 0.1) is 12.0 Å². The second-order valence-corrected chi connectivity index (χ2v) is 11.5. The maximum Gasteiger partial charge on any atom is 0.317 e. The first-order chi connectivity index (χ1) is 15.6. The molecule has 0 aromatic rings. The zero-order valence-corrected chi connectivity index (χ0v) is 20.6. The molecule has 3 rings (SSSR count). The van der Waals surface area contributed by atoms with Crippen molar-refractivity contribution in [1.29, 1.82) is 0 Å². The molecule has 3 saturated carbocycles. The van der Waals surface area contributed by atoms with Crippen molar-refractivity contribution in [2.45, 2.75) is 103 Å². The summed E-state index contributed by atoms with van der Waals surface area (Å²) in [5.41, 5.74) is -1.42. The summed E-state index contributed by atoms with van der Waals surface area (Å²) in [6.45, 7) is 10.8. The van der Waals surface area contributed by atoms with E-state index in [-0.39, 0.29) is 12.8 Å². The summed E-state index contributed by atoms with van der Waals surface area (Å²) in [6, 6.07) is 0. The molecule has 3 aliphatic carbocycles. The summed E-state index contributed by atoms with van der Waals surface area (Å²) in [5, 5.41) is 9.91. The Bertz CT molecular complexity index is 842. The van der Waals surface area contributed by atoms with Crippen LogP contribution in [0.4, 0.5) is 26.3 Å². The van der Waals surface area contributed by atoms with Gasteiger partial charge < -0.3 is 5.11 Å². The van der Waals surface area contributed by atoms with Gasteiger partial charge in [0.15, 0.2) is 0 Å². The SMILES string of the molecule is C=C1CC[C@H](O)C/C1=C\C=C1\[C@H]2C(F)(F)C(F)(F)[C@H]([C@H](C)CCCC(C)C)[C@@]2(C)CCC1(F)F. The second-order valence-electron chi connectivity index (χ2n) is 11.5. The number of fused-ring (bicyclic) bond motifs is 1. The first-order valence-corrected chi connectivity index (χ1v) is 12.5. The number of aliphatic hydroxyl groups excluding tert-OH is 1. The van der Waals surface area contributed by atoms with Crippen molar-refractivity contribution in [3.8, 4) is 0 Å². The fourth-order valence-corrected chi connectivity index (χ4v) is 6.66. The lowest BCUT2D eigenvalue weighted by atomic mass is 9.59. The Hall–Kier alpha value is -1.24. The van der Waals surface area contributed by atoms with Gasteiger partial charge in [-0.15, -0.1) is 0 Å². The Morgan fingerprint density at radius 1 is 1.00 bits per heavy atom. The zero-order chi connectivity index (χ0) is 25.7. The van der Waals surface area contributed by atoms with Gasteiger partial charge in [-0.2, -0.15) is 17.6 Å². The Morgan fingerprint density at radius 3 is 2.26 bits per heavy atom. The van der Waals surface area contributed by atoms with Crippen molar-refractivity contribution in [3.05, 3.63) is 35.5 Å². The molecular weight excluding hydrogens is 454 g/mol. The Balaban J connectivity index is 2.04. The van der Waals surface area contributed by atoms with Crippen molar-refractivity contribution in [2.24, 2.45) is 29.1 Å². The van der Waals surface area contributed by atoms with Gasteiger partial charge >= 0.3 is 11.8 Å². The lowest BCUT2D eigenvalue weighted by molar-refractivity contribution is -0.224. The maximum absolute atomic E-state index is 15.5. The summed E-state index contributed by atoms with van der Waals surface area (Å²) in [4.78, 5) is 0. The molecule has 0 spiro atoms. The molecule has 3 fully saturated rings. The van der Waals surface area contributed by atoms with Crippen LogP contribution in [0.15, 0.2) is 35.5 Å². The average molecular weight is 493 g/mol. The monoisotopic (exact) mass is 492 g/mol. The van der Waals surface area contributed by atoms with Crippen LogP contribution >= 0.6 is 0 Å². The number of hydrogen-bond acceptors (Lipinski definition) is 1. The van der Waals surface area contributed by atoms with E-state index in [2.05, 4.69) is 6.58 Å². The lowest BCUT2D eigenvalue weighted by Gasteiger charge is -2.46. The van der Waals surface area contributed by atoms with Gasteiger partial charge in [-0.1, -0.05) is 71.3 Å². The smallest absolute Gasteiger partial charge is 0.317 e. The maximum atomic E-state index is 15.5. The highest BCUT2D eigenvalue weighted by atomic mass is 19.3. The second kappa shape index (κ2) is 9.33. The van der Waals surface area contributed by atoms with E-state index in [1.165, 1.54) is 13.0 Å². The minimum Gasteiger partial charge on any atom is -0.393 e. The van der Waals surface area contributed by atoms with Crippen LogP contribution in [0.3, 0.4) is 0 Å². The molecule has 0 heterocycles. The van der Waals surface area contributed by atoms with E-state index in [9.17, 15) is 5.11 Å². The average Bonchev–Trinajstić information content (AvgIpc) is 2.82. The molecule has 1 N–H and O–H groups in total. The molecule has 1 nitrogen and oxygen atoms in total. The Kier molecular flexibility index (Phi) is 7.50. The summed E-state index contributed by atoms with van der Waals surface area (Å²) in [7, 11) is 0. The minimum atomic E-state index is -4.59. The largest absolute Gasteiger partial charge is 0.393 e. The number of rotatable bonds is 6. The molecule has 0 unspecified atom stereocenters. The molecule has 194 valence electrons. The van der Waals surface area contributed by atoms with E-state index in [0.29, 0.717) is 42.7 Å². The predicted molar refractivity (Wildman–Crippen MR) is 122 cm³/mol. The molecule has 0 amide bonds. The van der Waals surface area contributed by atoms with E-state index in [1.54, 1.807) is 6.92 Å². The third kappa shape index (κ3) is 4.62. The van der Waals surface area contributed by atoms with Crippen molar-refractivity contribution in [3.63, 3.8) is 0 Å². The minimum absolute atomic E-state index is 0.179. The molecule has 0 aromatic carbocycles. The van der Waals surface area contributed by atoms with Gasteiger partial charge in [0.1, 0.15) is 0 Å². The van der Waals surface area contributed by atoms with Gasteiger partial charge in [0, 0.05) is 17.9 Å². The molecule has 0 radical (unpaired) electrons. The van der Waals surface area contributed by atoms with Crippen molar-refractivity contribution in [2.75, 3.05) is 0 Å². The van der Waals surface area contributed by atoms with Crippen molar-refractivity contribution < 1.29 is 31.4 Å². The van der Waals surface area contributed by atoms with Gasteiger partial charge in [0.25, 0.3) is 5.92 Å². The zero-order valence-electron chi connectivity index (χ0n) is 20.6. The normalized spacial score (nSPS) is 37.9. The molecule has 0 bridgehead atoms. The molecular formula is C27H38F6O. The fraction of sp³-hybridized carbons (Fsp3) is 0.778. The van der Waals surface area contributed by atoms with Gasteiger partial charge in [-0.05, 0) is 48.5 Å². The van der Waals surface area contributed by atoms with Crippen LogP contribution in [-0.2, 0) is 0 Å². The Morgan fingerprint density at radius 2 is 1.65 bits per heavy atom. The summed E-state index contributed by atoms with van der Waals surface area (Å²) in [5.74, 6) is -16.9. The highest BCUT2D eigenvalue weighted by molar-refractivity contribution is 5.40. The highest BCUT2D eigenvalue weighted by Crippen LogP contribution is 2.72. The lowest BCUT2D eigenvalue weighted by Crippen LogP contribution is -2.47. The van der Waals surface area contributed by atoms with E-state index in [1.807, 2.05) is 13.8 Å². The van der Waals surface area contributed by atoms with E-state index >= 15 is 26.3 Å². The van der Waals surface area contributed by atoms with Crippen LogP contribution < -0.4 is 0 Å². The molecule has 34 heavy (non-hydrogen) atoms. The van der Waals surface area contributed by atoms with Crippen molar-refractivity contribution in [1.82, 2.24) is 0 Å². The fourth-order valence-electron chi connectivity index (χ4n) is 6.66. The molecule has 0 saturated heterocycles. The first-order valence-electron chi connectivity index (χ1n) is 12.5. The standard InChI is InChI=1S/C27H38F6O/c1-16(2)7-6-8-18(4)22-24(5)13-14-25(28,29)21(23(24)27(32,33)26(22,30)31)12-10-19-15-20(34)11-9-17(19)3/h10,12,16,18,20,22-23,34H,3,6-9,11,13-15H2,1-2,4-5H3/b19-10+,21-12-/t18-,20+,22-,23-,24-/m1/s1. The first kappa shape index (κ1) is 27.3. The molecule has 5 atom stereocenters. The summed E-state index contributed by atoms with van der Waals surface area (Å²) < 4.78 is 91.9. The number of halogens is 6. The van der Waals surface area contributed by atoms with Crippen LogP contribution in [0.25, 0.3) is 0 Å². The number of aliphatic hydroxyl groups is 1. The van der Waals surface area contributed by atoms with Gasteiger partial charge in [-0.25, -0.2) is 8.78 Å². The number of alkyl halides is 6. The van der Waals surface area contributed by atoms with Crippen LogP contribution in [-0.4, -0.2) is 29.0 Å². The Labute approximate surface area is 199 Å². The van der Waals surface area contributed by atoms with Crippen LogP contribution in [0, 0.1) is 29.1 Å². The summed E-state index contributed by atoms with van der Waals surface area (Å²) >= 11 is 0. The number of allylic oxidation sites excluding steroid dienone is 4. The molecule has 0 aliphatic heterocycles. The third-order valence-electron chi connectivity index (χ3n) is 8.44. The van der Waals surface area contributed by atoms with E-state index in [4.69, 9.17) is 0 Å². The van der Waals surface area contributed by atoms with Crippen LogP contribution in [0.2, 0.25) is 0 Å². The van der Waals surface area contributed by atoms with Crippen LogP contribution in [0.5, 0.6) is 0 Å². The molecule has 0 aromatic heterocycles. The highest BCUT2D eigenvalue weighted by Gasteiger charge is 2.81. The van der Waals surface area contributed by atoms with Crippen LogP contribution in [0.1, 0.15) is 79.1 Å².